The van der Waals surface area contributed by atoms with Crippen LogP contribution in [0, 0.1) is 30.1 Å². The Morgan fingerprint density at radius 2 is 2.03 bits per heavy atom. The SMILES string of the molecule is Cc1[nH]nc2c1[C@](c1cc(N3CCC(CC(=O)O)CC3)cc(C(F)(F)F)c1)(C(C)C)C(C#N)=C(N)O2. The van der Waals surface area contributed by atoms with Crippen LogP contribution in [0.4, 0.5) is 18.9 Å². The number of fused-ring (bicyclic) bond motifs is 1. The van der Waals surface area contributed by atoms with Gasteiger partial charge in [0.25, 0.3) is 0 Å². The maximum absolute atomic E-state index is 14.2. The third-order valence-electron chi connectivity index (χ3n) is 7.28. The lowest BCUT2D eigenvalue weighted by atomic mass is 9.61. The van der Waals surface area contributed by atoms with Gasteiger partial charge in [-0.2, -0.15) is 18.4 Å². The molecule has 1 fully saturated rings. The summed E-state index contributed by atoms with van der Waals surface area (Å²) in [5, 5.41) is 26.2. The lowest BCUT2D eigenvalue weighted by Crippen LogP contribution is -2.42. The summed E-state index contributed by atoms with van der Waals surface area (Å²) in [6.07, 6.45) is -3.48. The summed E-state index contributed by atoms with van der Waals surface area (Å²) < 4.78 is 48.1. The van der Waals surface area contributed by atoms with Gasteiger partial charge >= 0.3 is 12.1 Å². The molecular weight excluding hydrogens is 475 g/mol. The van der Waals surface area contributed by atoms with E-state index in [1.54, 1.807) is 13.0 Å². The molecule has 0 saturated carbocycles. The van der Waals surface area contributed by atoms with Crippen LogP contribution >= 0.6 is 0 Å². The molecule has 2 aromatic rings. The smallest absolute Gasteiger partial charge is 0.416 e. The van der Waals surface area contributed by atoms with Crippen molar-refractivity contribution in [2.45, 2.75) is 51.6 Å². The first-order chi connectivity index (χ1) is 16.9. The molecule has 0 radical (unpaired) electrons. The molecule has 0 aliphatic carbocycles. The van der Waals surface area contributed by atoms with Crippen LogP contribution < -0.4 is 15.4 Å². The molecule has 4 N–H and O–H groups in total. The molecule has 3 heterocycles. The summed E-state index contributed by atoms with van der Waals surface area (Å²) in [5.74, 6) is -1.36. The van der Waals surface area contributed by atoms with Gasteiger partial charge in [-0.25, -0.2) is 0 Å². The molecule has 0 amide bonds. The molecule has 11 heteroatoms. The van der Waals surface area contributed by atoms with Gasteiger partial charge in [0.1, 0.15) is 11.6 Å². The van der Waals surface area contributed by atoms with Gasteiger partial charge in [0.05, 0.1) is 16.5 Å². The molecule has 192 valence electrons. The first-order valence-electron chi connectivity index (χ1n) is 11.7. The summed E-state index contributed by atoms with van der Waals surface area (Å²) in [6, 6.07) is 5.96. The Morgan fingerprint density at radius 1 is 1.36 bits per heavy atom. The van der Waals surface area contributed by atoms with Gasteiger partial charge < -0.3 is 20.5 Å². The van der Waals surface area contributed by atoms with E-state index in [0.717, 1.165) is 12.1 Å². The average molecular weight is 504 g/mol. The topological polar surface area (TPSA) is 128 Å². The van der Waals surface area contributed by atoms with Crippen LogP contribution in [0.25, 0.3) is 0 Å². The van der Waals surface area contributed by atoms with Crippen LogP contribution in [0.3, 0.4) is 0 Å². The van der Waals surface area contributed by atoms with Gasteiger partial charge in [-0.3, -0.25) is 9.89 Å². The second-order valence-electron chi connectivity index (χ2n) is 9.74. The number of nitrogens with two attached hydrogens (primary N) is 1. The molecule has 1 saturated heterocycles. The molecule has 4 rings (SSSR count). The molecule has 0 spiro atoms. The number of H-pyrrole nitrogens is 1. The van der Waals surface area contributed by atoms with Crippen molar-refractivity contribution in [2.24, 2.45) is 17.6 Å². The minimum Gasteiger partial charge on any atom is -0.481 e. The number of aliphatic carboxylic acids is 1. The van der Waals surface area contributed by atoms with E-state index in [9.17, 15) is 23.2 Å². The highest BCUT2D eigenvalue weighted by Crippen LogP contribution is 2.53. The molecule has 0 unspecified atom stereocenters. The number of halogens is 3. The number of carbonyl (C=O) groups is 1. The number of carboxylic acids is 1. The van der Waals surface area contributed by atoms with E-state index in [2.05, 4.69) is 16.3 Å². The van der Waals surface area contributed by atoms with Gasteiger partial charge in [-0.15, -0.1) is 5.10 Å². The van der Waals surface area contributed by atoms with E-state index >= 15 is 0 Å². The normalized spacial score (nSPS) is 20.8. The van der Waals surface area contributed by atoms with Crippen LogP contribution in [0.2, 0.25) is 0 Å². The van der Waals surface area contributed by atoms with Gasteiger partial charge in [0, 0.05) is 30.9 Å². The molecule has 2 aliphatic heterocycles. The van der Waals surface area contributed by atoms with E-state index in [4.69, 9.17) is 15.6 Å². The number of allylic oxidation sites excluding steroid dienone is 1. The number of aryl methyl sites for hydroxylation is 1. The number of alkyl halides is 3. The van der Waals surface area contributed by atoms with E-state index < -0.39 is 23.1 Å². The molecule has 1 aromatic heterocycles. The number of nitriles is 1. The number of rotatable bonds is 5. The molecular formula is C25H28F3N5O3. The Hall–Kier alpha value is -3.68. The summed E-state index contributed by atoms with van der Waals surface area (Å²) in [6.45, 7) is 6.22. The van der Waals surface area contributed by atoms with E-state index in [1.807, 2.05) is 18.7 Å². The van der Waals surface area contributed by atoms with Crippen molar-refractivity contribution in [2.75, 3.05) is 18.0 Å². The summed E-state index contributed by atoms with van der Waals surface area (Å²) >= 11 is 0. The zero-order chi connectivity index (χ0) is 26.4. The van der Waals surface area contributed by atoms with Gasteiger partial charge in [0.15, 0.2) is 0 Å². The number of hydrogen-bond acceptors (Lipinski definition) is 6. The van der Waals surface area contributed by atoms with Crippen LogP contribution in [0.5, 0.6) is 5.88 Å². The summed E-state index contributed by atoms with van der Waals surface area (Å²) in [4.78, 5) is 12.9. The lowest BCUT2D eigenvalue weighted by Gasteiger charge is -2.42. The fourth-order valence-corrected chi connectivity index (χ4v) is 5.59. The number of nitrogens with one attached hydrogen (secondary N) is 1. The molecule has 2 aliphatic rings. The zero-order valence-electron chi connectivity index (χ0n) is 20.2. The number of piperidine rings is 1. The zero-order valence-corrected chi connectivity index (χ0v) is 20.2. The van der Waals surface area contributed by atoms with Crippen LogP contribution in [0.15, 0.2) is 29.7 Å². The number of benzene rings is 1. The number of nitrogens with zero attached hydrogens (tertiary/aromatic N) is 3. The Bertz CT molecular complexity index is 1250. The Balaban J connectivity index is 1.92. The number of hydrogen-bond donors (Lipinski definition) is 3. The van der Waals surface area contributed by atoms with E-state index in [-0.39, 0.29) is 41.2 Å². The quantitative estimate of drug-likeness (QED) is 0.550. The molecule has 0 bridgehead atoms. The van der Waals surface area contributed by atoms with Crippen LogP contribution in [-0.2, 0) is 16.4 Å². The fraction of sp³-hybridized carbons (Fsp3) is 0.480. The Morgan fingerprint density at radius 3 is 2.58 bits per heavy atom. The number of aromatic amines is 1. The lowest BCUT2D eigenvalue weighted by molar-refractivity contribution is -0.139. The van der Waals surface area contributed by atoms with Gasteiger partial charge in [-0.05, 0) is 55.4 Å². The predicted octanol–water partition coefficient (Wildman–Crippen LogP) is 4.46. The van der Waals surface area contributed by atoms with Gasteiger partial charge in [-0.1, -0.05) is 13.8 Å². The van der Waals surface area contributed by atoms with Crippen molar-refractivity contribution in [1.29, 1.82) is 5.26 Å². The van der Waals surface area contributed by atoms with Crippen molar-refractivity contribution < 1.29 is 27.8 Å². The molecule has 8 nitrogen and oxygen atoms in total. The standard InChI is InChI=1S/C25H28F3N5O3/c1-13(2)24(19(12-29)22(30)36-23-21(24)14(3)31-32-23)16-9-17(25(26,27)28)11-18(10-16)33-6-4-15(5-7-33)8-20(34)35/h9-11,13,15H,4-8,30H2,1-3H3,(H,31,32)(H,34,35)/t24-/m0/s1. The van der Waals surface area contributed by atoms with Crippen molar-refractivity contribution in [3.8, 4) is 11.9 Å². The minimum absolute atomic E-state index is 0.0226. The van der Waals surface area contributed by atoms with E-state index in [1.165, 1.54) is 0 Å². The Labute approximate surface area is 206 Å². The number of anilines is 1. The van der Waals surface area contributed by atoms with Crippen LogP contribution in [-0.4, -0.2) is 34.4 Å². The van der Waals surface area contributed by atoms with Crippen molar-refractivity contribution in [3.63, 3.8) is 0 Å². The fourth-order valence-electron chi connectivity index (χ4n) is 5.59. The highest BCUT2D eigenvalue weighted by Gasteiger charge is 2.51. The third kappa shape index (κ3) is 4.14. The average Bonchev–Trinajstić information content (AvgIpc) is 3.17. The third-order valence-corrected chi connectivity index (χ3v) is 7.28. The second-order valence-corrected chi connectivity index (χ2v) is 9.74. The van der Waals surface area contributed by atoms with Crippen molar-refractivity contribution in [3.05, 3.63) is 52.0 Å². The molecule has 1 atom stereocenters. The Kier molecular flexibility index (Phi) is 6.41. The number of ether oxygens (including phenoxy) is 1. The maximum Gasteiger partial charge on any atom is 0.416 e. The van der Waals surface area contributed by atoms with Crippen LogP contribution in [0.1, 0.15) is 55.5 Å². The highest BCUT2D eigenvalue weighted by atomic mass is 19.4. The summed E-state index contributed by atoms with van der Waals surface area (Å²) in [7, 11) is 0. The van der Waals surface area contributed by atoms with Gasteiger partial charge in [0.2, 0.25) is 11.8 Å². The monoisotopic (exact) mass is 503 g/mol. The first-order valence-corrected chi connectivity index (χ1v) is 11.7. The highest BCUT2D eigenvalue weighted by molar-refractivity contribution is 5.67. The predicted molar refractivity (Wildman–Crippen MR) is 125 cm³/mol. The summed E-state index contributed by atoms with van der Waals surface area (Å²) in [5.41, 5.74) is 5.65. The largest absolute Gasteiger partial charge is 0.481 e. The number of aromatic nitrogens is 2. The maximum atomic E-state index is 14.2. The minimum atomic E-state index is -4.63. The second kappa shape index (κ2) is 9.08. The number of carboxylic acid groups (broad SMARTS) is 1. The molecule has 36 heavy (non-hydrogen) atoms. The van der Waals surface area contributed by atoms with Crippen molar-refractivity contribution >= 4 is 11.7 Å². The van der Waals surface area contributed by atoms with E-state index in [0.29, 0.717) is 42.9 Å². The van der Waals surface area contributed by atoms with Crippen molar-refractivity contribution in [1.82, 2.24) is 10.2 Å². The molecule has 1 aromatic carbocycles. The first kappa shape index (κ1) is 25.4.